The third-order valence-corrected chi connectivity index (χ3v) is 4.87. The monoisotopic (exact) mass is 273 g/mol. The van der Waals surface area contributed by atoms with Crippen LogP contribution in [0.5, 0.6) is 5.75 Å². The van der Waals surface area contributed by atoms with Crippen molar-refractivity contribution in [3.05, 3.63) is 28.8 Å². The number of hydrogen-bond donors (Lipinski definition) is 1. The summed E-state index contributed by atoms with van der Waals surface area (Å²) in [4.78, 5) is 0. The van der Waals surface area contributed by atoms with Crippen LogP contribution in [0.25, 0.3) is 0 Å². The molecule has 1 N–H and O–H groups in total. The standard InChI is InChI=1S/C18H27NO/c1-13-9-14(2)18(20-12-15-5-3-6-15)17(10-13)16-7-4-8-19-11-16/h9-10,15-16,19H,3-8,11-12H2,1-2H3. The topological polar surface area (TPSA) is 21.3 Å². The molecule has 1 atom stereocenters. The van der Waals surface area contributed by atoms with Crippen LogP contribution in [0, 0.1) is 19.8 Å². The normalized spacial score (nSPS) is 23.4. The van der Waals surface area contributed by atoms with E-state index in [4.69, 9.17) is 4.74 Å². The third-order valence-electron chi connectivity index (χ3n) is 4.87. The van der Waals surface area contributed by atoms with Gasteiger partial charge < -0.3 is 10.1 Å². The van der Waals surface area contributed by atoms with Crippen molar-refractivity contribution in [2.24, 2.45) is 5.92 Å². The highest BCUT2D eigenvalue weighted by Crippen LogP contribution is 2.36. The van der Waals surface area contributed by atoms with Crippen LogP contribution in [-0.2, 0) is 0 Å². The largest absolute Gasteiger partial charge is 0.493 e. The van der Waals surface area contributed by atoms with Gasteiger partial charge in [-0.1, -0.05) is 24.1 Å². The van der Waals surface area contributed by atoms with Crippen LogP contribution >= 0.6 is 0 Å². The number of ether oxygens (including phenoxy) is 1. The third kappa shape index (κ3) is 3.01. The minimum absolute atomic E-state index is 0.624. The molecule has 1 aliphatic carbocycles. The molecule has 3 rings (SSSR count). The van der Waals surface area contributed by atoms with Crippen LogP contribution in [0.1, 0.15) is 54.7 Å². The van der Waals surface area contributed by atoms with Crippen molar-refractivity contribution in [1.29, 1.82) is 0 Å². The highest BCUT2D eigenvalue weighted by molar-refractivity contribution is 5.46. The SMILES string of the molecule is Cc1cc(C)c(OCC2CCC2)c(C2CCCNC2)c1. The van der Waals surface area contributed by atoms with E-state index in [1.165, 1.54) is 61.1 Å². The molecule has 2 nitrogen and oxygen atoms in total. The van der Waals surface area contributed by atoms with Crippen LogP contribution in [0.15, 0.2) is 12.1 Å². The van der Waals surface area contributed by atoms with E-state index in [2.05, 4.69) is 31.3 Å². The first-order chi connectivity index (χ1) is 9.74. The first-order valence-electron chi connectivity index (χ1n) is 8.18. The molecule has 1 aromatic carbocycles. The van der Waals surface area contributed by atoms with Gasteiger partial charge in [-0.25, -0.2) is 0 Å². The lowest BCUT2D eigenvalue weighted by Crippen LogP contribution is -2.29. The molecule has 0 radical (unpaired) electrons. The Balaban J connectivity index is 1.80. The maximum absolute atomic E-state index is 6.25. The van der Waals surface area contributed by atoms with E-state index in [-0.39, 0.29) is 0 Å². The molecule has 2 fully saturated rings. The van der Waals surface area contributed by atoms with Gasteiger partial charge in [0.2, 0.25) is 0 Å². The Morgan fingerprint density at radius 1 is 1.15 bits per heavy atom. The molecule has 2 heteroatoms. The molecular weight excluding hydrogens is 246 g/mol. The Labute approximate surface area is 122 Å². The van der Waals surface area contributed by atoms with Crippen molar-refractivity contribution in [3.8, 4) is 5.75 Å². The zero-order valence-electron chi connectivity index (χ0n) is 12.9. The predicted octanol–water partition coefficient (Wildman–Crippen LogP) is 3.95. The van der Waals surface area contributed by atoms with Crippen LogP contribution in [0.2, 0.25) is 0 Å². The minimum atomic E-state index is 0.624. The second-order valence-electron chi connectivity index (χ2n) is 6.65. The number of piperidine rings is 1. The Hall–Kier alpha value is -1.02. The number of benzene rings is 1. The summed E-state index contributed by atoms with van der Waals surface area (Å²) < 4.78 is 6.25. The molecule has 1 aliphatic heterocycles. The van der Waals surface area contributed by atoms with Crippen molar-refractivity contribution in [3.63, 3.8) is 0 Å². The molecule has 1 aromatic rings. The van der Waals surface area contributed by atoms with Crippen LogP contribution in [0.3, 0.4) is 0 Å². The lowest BCUT2D eigenvalue weighted by atomic mass is 9.86. The molecule has 1 unspecified atom stereocenters. The lowest BCUT2D eigenvalue weighted by molar-refractivity contribution is 0.177. The fourth-order valence-electron chi connectivity index (χ4n) is 3.47. The van der Waals surface area contributed by atoms with E-state index in [1.807, 2.05) is 0 Å². The summed E-state index contributed by atoms with van der Waals surface area (Å²) in [6, 6.07) is 4.61. The fraction of sp³-hybridized carbons (Fsp3) is 0.667. The van der Waals surface area contributed by atoms with Crippen LogP contribution in [0.4, 0.5) is 0 Å². The molecule has 0 amide bonds. The second kappa shape index (κ2) is 6.17. The highest BCUT2D eigenvalue weighted by atomic mass is 16.5. The quantitative estimate of drug-likeness (QED) is 0.897. The van der Waals surface area contributed by atoms with E-state index in [0.29, 0.717) is 5.92 Å². The molecule has 1 saturated carbocycles. The highest BCUT2D eigenvalue weighted by Gasteiger charge is 2.23. The van der Waals surface area contributed by atoms with Gasteiger partial charge in [-0.3, -0.25) is 0 Å². The predicted molar refractivity (Wildman–Crippen MR) is 83.6 cm³/mol. The maximum Gasteiger partial charge on any atom is 0.125 e. The maximum atomic E-state index is 6.25. The molecule has 0 bridgehead atoms. The van der Waals surface area contributed by atoms with Gasteiger partial charge in [-0.15, -0.1) is 0 Å². The van der Waals surface area contributed by atoms with Gasteiger partial charge in [0.15, 0.2) is 0 Å². The second-order valence-corrected chi connectivity index (χ2v) is 6.65. The molecule has 0 aromatic heterocycles. The van der Waals surface area contributed by atoms with E-state index in [0.717, 1.165) is 19.1 Å². The Morgan fingerprint density at radius 2 is 2.00 bits per heavy atom. The first kappa shape index (κ1) is 13.9. The van der Waals surface area contributed by atoms with Gasteiger partial charge in [0.25, 0.3) is 0 Å². The average Bonchev–Trinajstić information content (AvgIpc) is 2.40. The molecule has 20 heavy (non-hydrogen) atoms. The first-order valence-corrected chi connectivity index (χ1v) is 8.18. The zero-order valence-corrected chi connectivity index (χ0v) is 12.9. The zero-order chi connectivity index (χ0) is 13.9. The van der Waals surface area contributed by atoms with Crippen molar-refractivity contribution in [1.82, 2.24) is 5.32 Å². The Bertz CT molecular complexity index is 459. The van der Waals surface area contributed by atoms with Crippen molar-refractivity contribution < 1.29 is 4.74 Å². The molecule has 1 heterocycles. The number of nitrogens with one attached hydrogen (secondary N) is 1. The fourth-order valence-corrected chi connectivity index (χ4v) is 3.47. The molecular formula is C18H27NO. The van der Waals surface area contributed by atoms with Gasteiger partial charge in [0.05, 0.1) is 6.61 Å². The summed E-state index contributed by atoms with van der Waals surface area (Å²) >= 11 is 0. The number of hydrogen-bond acceptors (Lipinski definition) is 2. The van der Waals surface area contributed by atoms with Crippen molar-refractivity contribution in [2.75, 3.05) is 19.7 Å². The summed E-state index contributed by atoms with van der Waals surface area (Å²) in [5.74, 6) is 2.60. The summed E-state index contributed by atoms with van der Waals surface area (Å²) in [6.45, 7) is 7.57. The average molecular weight is 273 g/mol. The van der Waals surface area contributed by atoms with Gasteiger partial charge in [-0.05, 0) is 63.1 Å². The Morgan fingerprint density at radius 3 is 2.65 bits per heavy atom. The van der Waals surface area contributed by atoms with Gasteiger partial charge in [0, 0.05) is 12.5 Å². The smallest absolute Gasteiger partial charge is 0.125 e. The summed E-state index contributed by atoms with van der Waals surface area (Å²) in [5, 5.41) is 3.53. The van der Waals surface area contributed by atoms with E-state index < -0.39 is 0 Å². The molecule has 110 valence electrons. The lowest BCUT2D eigenvalue weighted by Gasteiger charge is -2.29. The minimum Gasteiger partial charge on any atom is -0.493 e. The van der Waals surface area contributed by atoms with Gasteiger partial charge in [-0.2, -0.15) is 0 Å². The Kier molecular flexibility index (Phi) is 4.30. The van der Waals surface area contributed by atoms with E-state index in [1.54, 1.807) is 0 Å². The summed E-state index contributed by atoms with van der Waals surface area (Å²) in [5.41, 5.74) is 4.11. The van der Waals surface area contributed by atoms with Crippen molar-refractivity contribution >= 4 is 0 Å². The summed E-state index contributed by atoms with van der Waals surface area (Å²) in [7, 11) is 0. The van der Waals surface area contributed by atoms with E-state index >= 15 is 0 Å². The van der Waals surface area contributed by atoms with Crippen LogP contribution < -0.4 is 10.1 Å². The molecule has 0 spiro atoms. The number of aryl methyl sites for hydroxylation is 2. The number of rotatable bonds is 4. The van der Waals surface area contributed by atoms with Gasteiger partial charge >= 0.3 is 0 Å². The molecule has 1 saturated heterocycles. The van der Waals surface area contributed by atoms with E-state index in [9.17, 15) is 0 Å². The molecule has 2 aliphatic rings. The van der Waals surface area contributed by atoms with Crippen LogP contribution in [-0.4, -0.2) is 19.7 Å². The van der Waals surface area contributed by atoms with Gasteiger partial charge in [0.1, 0.15) is 5.75 Å². The summed E-state index contributed by atoms with van der Waals surface area (Å²) in [6.07, 6.45) is 6.66. The van der Waals surface area contributed by atoms with Crippen molar-refractivity contribution in [2.45, 2.75) is 51.9 Å².